The van der Waals surface area contributed by atoms with Crippen LogP contribution in [0.1, 0.15) is 24.1 Å². The van der Waals surface area contributed by atoms with E-state index in [0.29, 0.717) is 11.3 Å². The zero-order valence-electron chi connectivity index (χ0n) is 11.5. The van der Waals surface area contributed by atoms with E-state index < -0.39 is 0 Å². The fraction of sp³-hybridized carbons (Fsp3) is 0.188. The average Bonchev–Trinajstić information content (AvgIpc) is 2.47. The summed E-state index contributed by atoms with van der Waals surface area (Å²) in [5.74, 6) is 0. The van der Waals surface area contributed by atoms with E-state index in [0.717, 1.165) is 16.3 Å². The molecule has 2 N–H and O–H groups in total. The number of nitrogens with zero attached hydrogens (tertiary/aromatic N) is 2. The molecular formula is C16H16ClN3. The Labute approximate surface area is 124 Å². The minimum Gasteiger partial charge on any atom is -0.398 e. The van der Waals surface area contributed by atoms with Gasteiger partial charge < -0.3 is 10.6 Å². The van der Waals surface area contributed by atoms with Gasteiger partial charge in [-0.25, -0.2) is 0 Å². The number of hydrogen-bond acceptors (Lipinski definition) is 3. The van der Waals surface area contributed by atoms with Crippen LogP contribution in [-0.2, 0) is 0 Å². The summed E-state index contributed by atoms with van der Waals surface area (Å²) in [5.41, 5.74) is 8.71. The van der Waals surface area contributed by atoms with Gasteiger partial charge in [0.1, 0.15) is 6.07 Å². The number of rotatable bonds is 3. The van der Waals surface area contributed by atoms with Gasteiger partial charge in [0.05, 0.1) is 11.6 Å². The highest BCUT2D eigenvalue weighted by atomic mass is 35.5. The van der Waals surface area contributed by atoms with Crippen LogP contribution >= 0.6 is 11.6 Å². The molecule has 2 aromatic rings. The van der Waals surface area contributed by atoms with Crippen LogP contribution in [0.25, 0.3) is 0 Å². The fourth-order valence-corrected chi connectivity index (χ4v) is 2.40. The smallest absolute Gasteiger partial charge is 0.101 e. The van der Waals surface area contributed by atoms with E-state index in [1.54, 1.807) is 12.1 Å². The molecule has 0 bridgehead atoms. The summed E-state index contributed by atoms with van der Waals surface area (Å²) < 4.78 is 0. The lowest BCUT2D eigenvalue weighted by molar-refractivity contribution is 0.740. The van der Waals surface area contributed by atoms with Gasteiger partial charge in [0.25, 0.3) is 0 Å². The minimum atomic E-state index is 0.0962. The summed E-state index contributed by atoms with van der Waals surface area (Å²) in [5, 5.41) is 9.79. The van der Waals surface area contributed by atoms with Crippen LogP contribution in [0.5, 0.6) is 0 Å². The quantitative estimate of drug-likeness (QED) is 0.868. The Hall–Kier alpha value is -2.18. The summed E-state index contributed by atoms with van der Waals surface area (Å²) in [4.78, 5) is 2.07. The lowest BCUT2D eigenvalue weighted by atomic mass is 10.1. The maximum atomic E-state index is 9.05. The van der Waals surface area contributed by atoms with Gasteiger partial charge >= 0.3 is 0 Å². The molecule has 0 radical (unpaired) electrons. The van der Waals surface area contributed by atoms with Crippen molar-refractivity contribution in [2.24, 2.45) is 0 Å². The SMILES string of the molecule is CC(c1ccccc1Cl)N(C)c1ccc(N)c(C#N)c1. The first-order valence-electron chi connectivity index (χ1n) is 6.31. The topological polar surface area (TPSA) is 53.0 Å². The molecule has 102 valence electrons. The third-order valence-electron chi connectivity index (χ3n) is 3.50. The normalized spacial score (nSPS) is 11.7. The molecule has 0 saturated carbocycles. The third-order valence-corrected chi connectivity index (χ3v) is 3.85. The van der Waals surface area contributed by atoms with Crippen LogP contribution in [0, 0.1) is 11.3 Å². The van der Waals surface area contributed by atoms with Gasteiger partial charge in [-0.3, -0.25) is 0 Å². The minimum absolute atomic E-state index is 0.0962. The first-order chi connectivity index (χ1) is 9.54. The number of benzene rings is 2. The van der Waals surface area contributed by atoms with E-state index in [4.69, 9.17) is 22.6 Å². The predicted octanol–water partition coefficient (Wildman–Crippen LogP) is 3.99. The summed E-state index contributed by atoms with van der Waals surface area (Å²) in [6.45, 7) is 2.07. The van der Waals surface area contributed by atoms with Crippen LogP contribution in [0.15, 0.2) is 42.5 Å². The standard InChI is InChI=1S/C16H16ClN3/c1-11(14-5-3-4-6-15(14)17)20(2)13-7-8-16(19)12(9-13)10-18/h3-9,11H,19H2,1-2H3. The Kier molecular flexibility index (Phi) is 4.16. The van der Waals surface area contributed by atoms with Crippen LogP contribution < -0.4 is 10.6 Å². The molecule has 3 nitrogen and oxygen atoms in total. The Bertz CT molecular complexity index is 661. The van der Waals surface area contributed by atoms with E-state index in [1.807, 2.05) is 37.4 Å². The van der Waals surface area contributed by atoms with E-state index in [1.165, 1.54) is 0 Å². The molecule has 0 heterocycles. The summed E-state index contributed by atoms with van der Waals surface area (Å²) in [7, 11) is 1.97. The van der Waals surface area contributed by atoms with Crippen molar-refractivity contribution >= 4 is 23.0 Å². The lowest BCUT2D eigenvalue weighted by Crippen LogP contribution is -2.22. The molecule has 0 fully saturated rings. The number of nitrogen functional groups attached to an aromatic ring is 1. The molecule has 0 amide bonds. The number of hydrogen-bond donors (Lipinski definition) is 1. The molecule has 20 heavy (non-hydrogen) atoms. The Morgan fingerprint density at radius 3 is 2.60 bits per heavy atom. The average molecular weight is 286 g/mol. The van der Waals surface area contributed by atoms with Crippen LogP contribution in [0.4, 0.5) is 11.4 Å². The number of anilines is 2. The predicted molar refractivity (Wildman–Crippen MR) is 83.8 cm³/mol. The lowest BCUT2D eigenvalue weighted by Gasteiger charge is -2.28. The third kappa shape index (κ3) is 2.71. The second kappa shape index (κ2) is 5.85. The first kappa shape index (κ1) is 14.2. The highest BCUT2D eigenvalue weighted by molar-refractivity contribution is 6.31. The Morgan fingerprint density at radius 1 is 1.25 bits per heavy atom. The maximum absolute atomic E-state index is 9.05. The summed E-state index contributed by atoms with van der Waals surface area (Å²) >= 11 is 6.24. The zero-order valence-corrected chi connectivity index (χ0v) is 12.2. The van der Waals surface area contributed by atoms with E-state index in [2.05, 4.69) is 17.9 Å². The van der Waals surface area contributed by atoms with Gasteiger partial charge in [-0.1, -0.05) is 29.8 Å². The van der Waals surface area contributed by atoms with Crippen LogP contribution in [0.2, 0.25) is 5.02 Å². The Balaban J connectivity index is 2.34. The highest BCUT2D eigenvalue weighted by Gasteiger charge is 2.15. The van der Waals surface area contributed by atoms with Crippen molar-refractivity contribution in [1.29, 1.82) is 5.26 Å². The molecular weight excluding hydrogens is 270 g/mol. The van der Waals surface area contributed by atoms with Crippen molar-refractivity contribution in [1.82, 2.24) is 0 Å². The van der Waals surface area contributed by atoms with Gasteiger partial charge in [-0.05, 0) is 36.8 Å². The van der Waals surface area contributed by atoms with Crippen molar-refractivity contribution in [3.05, 3.63) is 58.6 Å². The molecule has 2 rings (SSSR count). The second-order valence-electron chi connectivity index (χ2n) is 4.69. The molecule has 0 aliphatic rings. The summed E-state index contributed by atoms with van der Waals surface area (Å²) in [6.07, 6.45) is 0. The van der Waals surface area contributed by atoms with Gasteiger partial charge in [-0.15, -0.1) is 0 Å². The molecule has 0 aliphatic heterocycles. The second-order valence-corrected chi connectivity index (χ2v) is 5.10. The van der Waals surface area contributed by atoms with E-state index in [-0.39, 0.29) is 6.04 Å². The largest absolute Gasteiger partial charge is 0.398 e. The zero-order chi connectivity index (χ0) is 14.7. The monoisotopic (exact) mass is 285 g/mol. The number of nitrogens with two attached hydrogens (primary N) is 1. The highest BCUT2D eigenvalue weighted by Crippen LogP contribution is 2.31. The van der Waals surface area contributed by atoms with Crippen LogP contribution in [-0.4, -0.2) is 7.05 Å². The van der Waals surface area contributed by atoms with Crippen molar-refractivity contribution in [2.45, 2.75) is 13.0 Å². The molecule has 0 aliphatic carbocycles. The molecule has 4 heteroatoms. The van der Waals surface area contributed by atoms with Gasteiger partial charge in [-0.2, -0.15) is 5.26 Å². The number of nitriles is 1. The molecule has 0 spiro atoms. The molecule has 2 aromatic carbocycles. The van der Waals surface area contributed by atoms with Gasteiger partial charge in [0.15, 0.2) is 0 Å². The molecule has 1 atom stereocenters. The fourth-order valence-electron chi connectivity index (χ4n) is 2.11. The van der Waals surface area contributed by atoms with Gasteiger partial charge in [0.2, 0.25) is 0 Å². The van der Waals surface area contributed by atoms with Gasteiger partial charge in [0, 0.05) is 23.4 Å². The van der Waals surface area contributed by atoms with Crippen molar-refractivity contribution in [3.63, 3.8) is 0 Å². The van der Waals surface area contributed by atoms with Crippen molar-refractivity contribution < 1.29 is 0 Å². The van der Waals surface area contributed by atoms with Crippen molar-refractivity contribution in [3.8, 4) is 6.07 Å². The Morgan fingerprint density at radius 2 is 1.95 bits per heavy atom. The number of halogens is 1. The maximum Gasteiger partial charge on any atom is 0.101 e. The summed E-state index contributed by atoms with van der Waals surface area (Å²) in [6, 6.07) is 15.4. The van der Waals surface area contributed by atoms with E-state index >= 15 is 0 Å². The molecule has 0 saturated heterocycles. The van der Waals surface area contributed by atoms with Crippen LogP contribution in [0.3, 0.4) is 0 Å². The van der Waals surface area contributed by atoms with E-state index in [9.17, 15) is 0 Å². The van der Waals surface area contributed by atoms with Crippen molar-refractivity contribution in [2.75, 3.05) is 17.7 Å². The molecule has 1 unspecified atom stereocenters. The first-order valence-corrected chi connectivity index (χ1v) is 6.69. The molecule has 0 aromatic heterocycles.